The Kier molecular flexibility index (Phi) is 6.73. The summed E-state index contributed by atoms with van der Waals surface area (Å²) in [5, 5.41) is 8.07. The first-order chi connectivity index (χ1) is 26.3. The van der Waals surface area contributed by atoms with Crippen molar-refractivity contribution in [1.82, 2.24) is 4.98 Å². The summed E-state index contributed by atoms with van der Waals surface area (Å²) >= 11 is 1.85. The summed E-state index contributed by atoms with van der Waals surface area (Å²) < 4.78 is 9.13. The largest absolute Gasteiger partial charge is 0.455 e. The van der Waals surface area contributed by atoms with Gasteiger partial charge in [-0.3, -0.25) is 0 Å². The second-order valence-corrected chi connectivity index (χ2v) is 14.5. The number of para-hydroxylation sites is 2. The SMILES string of the molecule is c1ccc(-c2ccc(N(c3ccc(-c4nc5ccccc5c5c4ccc4c6ccccc6oc45)cc3)c3cccc4c3sc3ccccc34)cc2)cc1. The van der Waals surface area contributed by atoms with Crippen LogP contribution in [0.4, 0.5) is 17.1 Å². The third kappa shape index (κ3) is 4.77. The van der Waals surface area contributed by atoms with E-state index in [0.717, 1.165) is 71.9 Å². The average Bonchev–Trinajstić information content (AvgIpc) is 3.81. The lowest BCUT2D eigenvalue weighted by molar-refractivity contribution is 0.673. The highest BCUT2D eigenvalue weighted by molar-refractivity contribution is 7.26. The van der Waals surface area contributed by atoms with E-state index in [1.165, 1.54) is 31.3 Å². The van der Waals surface area contributed by atoms with Crippen LogP contribution in [0.5, 0.6) is 0 Å². The Labute approximate surface area is 309 Å². The topological polar surface area (TPSA) is 29.3 Å². The van der Waals surface area contributed by atoms with Gasteiger partial charge in [0.15, 0.2) is 0 Å². The summed E-state index contributed by atoms with van der Waals surface area (Å²) in [5.74, 6) is 0. The smallest absolute Gasteiger partial charge is 0.144 e. The van der Waals surface area contributed by atoms with E-state index in [0.29, 0.717) is 0 Å². The third-order valence-electron chi connectivity index (χ3n) is 10.5. The predicted octanol–water partition coefficient (Wildman–Crippen LogP) is 14.5. The maximum atomic E-state index is 6.57. The summed E-state index contributed by atoms with van der Waals surface area (Å²) in [5.41, 5.74) is 10.5. The summed E-state index contributed by atoms with van der Waals surface area (Å²) in [6, 6.07) is 64.8. The molecule has 0 N–H and O–H groups in total. The van der Waals surface area contributed by atoms with Gasteiger partial charge in [-0.05, 0) is 65.7 Å². The molecule has 0 bridgehead atoms. The first-order valence-corrected chi connectivity index (χ1v) is 18.7. The minimum Gasteiger partial charge on any atom is -0.455 e. The number of furan rings is 1. The number of pyridine rings is 1. The van der Waals surface area contributed by atoms with Crippen LogP contribution in [0.15, 0.2) is 186 Å². The number of aromatic nitrogens is 1. The average molecular weight is 695 g/mol. The summed E-state index contributed by atoms with van der Waals surface area (Å²) in [6.07, 6.45) is 0. The van der Waals surface area contributed by atoms with Crippen LogP contribution in [0.1, 0.15) is 0 Å². The van der Waals surface area contributed by atoms with Gasteiger partial charge in [0.1, 0.15) is 11.2 Å². The lowest BCUT2D eigenvalue weighted by Crippen LogP contribution is -2.10. The van der Waals surface area contributed by atoms with Gasteiger partial charge >= 0.3 is 0 Å². The maximum Gasteiger partial charge on any atom is 0.144 e. The first kappa shape index (κ1) is 29.9. The van der Waals surface area contributed by atoms with Gasteiger partial charge in [-0.15, -0.1) is 11.3 Å². The number of hydrogen-bond donors (Lipinski definition) is 0. The number of hydrogen-bond acceptors (Lipinski definition) is 4. The quantitative estimate of drug-likeness (QED) is 0.168. The molecule has 0 spiro atoms. The van der Waals surface area contributed by atoms with Gasteiger partial charge in [-0.2, -0.15) is 0 Å². The van der Waals surface area contributed by atoms with Gasteiger partial charge in [0.2, 0.25) is 0 Å². The lowest BCUT2D eigenvalue weighted by atomic mass is 9.97. The summed E-state index contributed by atoms with van der Waals surface area (Å²) in [4.78, 5) is 7.66. The van der Waals surface area contributed by atoms with Crippen molar-refractivity contribution in [3.8, 4) is 22.4 Å². The van der Waals surface area contributed by atoms with E-state index < -0.39 is 0 Å². The van der Waals surface area contributed by atoms with Crippen molar-refractivity contribution < 1.29 is 4.42 Å². The van der Waals surface area contributed by atoms with E-state index in [9.17, 15) is 0 Å². The number of rotatable bonds is 5. The van der Waals surface area contributed by atoms with E-state index in [-0.39, 0.29) is 0 Å². The Morgan fingerprint density at radius 3 is 1.87 bits per heavy atom. The highest BCUT2D eigenvalue weighted by Gasteiger charge is 2.20. The van der Waals surface area contributed by atoms with E-state index in [2.05, 4.69) is 175 Å². The van der Waals surface area contributed by atoms with Crippen LogP contribution < -0.4 is 4.90 Å². The molecule has 11 rings (SSSR count). The van der Waals surface area contributed by atoms with Crippen LogP contribution in [0.3, 0.4) is 0 Å². The van der Waals surface area contributed by atoms with Crippen LogP contribution in [-0.4, -0.2) is 4.98 Å². The standard InChI is InChI=1S/C49H30N2OS/c1-2-11-31(12-3-1)32-21-25-34(26-22-32)51(43-18-10-16-39-37-14-6-9-20-45(37)53-49(39)43)35-27-23-33(24-28-35)47-41-30-29-38-36-13-5-8-19-44(36)52-48(38)46(41)40-15-4-7-17-42(40)50-47/h1-30H. The number of fused-ring (bicyclic) bond motifs is 10. The molecular weight excluding hydrogens is 665 g/mol. The van der Waals surface area contributed by atoms with Crippen molar-refractivity contribution >= 4 is 92.2 Å². The molecule has 0 saturated heterocycles. The van der Waals surface area contributed by atoms with Crippen molar-refractivity contribution in [2.24, 2.45) is 0 Å². The Hall–Kier alpha value is -6.75. The minimum atomic E-state index is 0.896. The molecule has 0 saturated carbocycles. The van der Waals surface area contributed by atoms with Crippen LogP contribution in [0, 0.1) is 0 Å². The van der Waals surface area contributed by atoms with Gasteiger partial charge in [-0.1, -0.05) is 127 Å². The minimum absolute atomic E-state index is 0.896. The molecule has 0 unspecified atom stereocenters. The number of nitrogens with zero attached hydrogens (tertiary/aromatic N) is 2. The molecule has 11 aromatic rings. The Balaban J connectivity index is 1.09. The first-order valence-electron chi connectivity index (χ1n) is 17.9. The Morgan fingerprint density at radius 1 is 0.434 bits per heavy atom. The van der Waals surface area contributed by atoms with E-state index in [1.807, 2.05) is 23.5 Å². The monoisotopic (exact) mass is 694 g/mol. The molecule has 0 aliphatic heterocycles. The Bertz CT molecular complexity index is 3160. The van der Waals surface area contributed by atoms with Crippen molar-refractivity contribution in [2.75, 3.05) is 4.90 Å². The molecule has 4 heteroatoms. The van der Waals surface area contributed by atoms with Gasteiger partial charge in [0, 0.05) is 59.3 Å². The molecule has 0 atom stereocenters. The molecule has 8 aromatic carbocycles. The second-order valence-electron chi connectivity index (χ2n) is 13.5. The zero-order valence-corrected chi connectivity index (χ0v) is 29.3. The highest BCUT2D eigenvalue weighted by atomic mass is 32.1. The number of thiophene rings is 1. The molecule has 0 fully saturated rings. The van der Waals surface area contributed by atoms with Crippen LogP contribution in [0.2, 0.25) is 0 Å². The van der Waals surface area contributed by atoms with Crippen molar-refractivity contribution in [3.05, 3.63) is 182 Å². The van der Waals surface area contributed by atoms with Crippen LogP contribution in [0.25, 0.3) is 86.2 Å². The molecule has 0 radical (unpaired) electrons. The molecule has 0 aliphatic rings. The number of benzene rings is 8. The normalized spacial score (nSPS) is 11.8. The van der Waals surface area contributed by atoms with Gasteiger partial charge in [-0.25, -0.2) is 4.98 Å². The second kappa shape index (κ2) is 11.9. The molecule has 0 aliphatic carbocycles. The summed E-state index contributed by atoms with van der Waals surface area (Å²) in [7, 11) is 0. The van der Waals surface area contributed by atoms with Crippen LogP contribution in [-0.2, 0) is 0 Å². The van der Waals surface area contributed by atoms with Crippen LogP contribution >= 0.6 is 11.3 Å². The zero-order chi connectivity index (χ0) is 34.9. The fourth-order valence-corrected chi connectivity index (χ4v) is 9.18. The van der Waals surface area contributed by atoms with Gasteiger partial charge < -0.3 is 9.32 Å². The molecule has 53 heavy (non-hydrogen) atoms. The highest BCUT2D eigenvalue weighted by Crippen LogP contribution is 2.46. The molecule has 3 aromatic heterocycles. The van der Waals surface area contributed by atoms with E-state index in [1.54, 1.807) is 0 Å². The fourth-order valence-electron chi connectivity index (χ4n) is 7.97. The predicted molar refractivity (Wildman–Crippen MR) is 225 cm³/mol. The van der Waals surface area contributed by atoms with E-state index in [4.69, 9.17) is 9.40 Å². The fraction of sp³-hybridized carbons (Fsp3) is 0. The summed E-state index contributed by atoms with van der Waals surface area (Å²) in [6.45, 7) is 0. The Morgan fingerprint density at radius 2 is 1.06 bits per heavy atom. The maximum absolute atomic E-state index is 6.57. The number of anilines is 3. The lowest BCUT2D eigenvalue weighted by Gasteiger charge is -2.26. The van der Waals surface area contributed by atoms with Crippen molar-refractivity contribution in [2.45, 2.75) is 0 Å². The molecule has 3 nitrogen and oxygen atoms in total. The van der Waals surface area contributed by atoms with E-state index >= 15 is 0 Å². The molecule has 3 heterocycles. The van der Waals surface area contributed by atoms with Crippen molar-refractivity contribution in [1.29, 1.82) is 0 Å². The molecule has 0 amide bonds. The molecular formula is C49H30N2OS. The van der Waals surface area contributed by atoms with Gasteiger partial charge in [0.25, 0.3) is 0 Å². The third-order valence-corrected chi connectivity index (χ3v) is 11.7. The van der Waals surface area contributed by atoms with Gasteiger partial charge in [0.05, 0.1) is 21.6 Å². The van der Waals surface area contributed by atoms with Crippen molar-refractivity contribution in [3.63, 3.8) is 0 Å². The zero-order valence-electron chi connectivity index (χ0n) is 28.5. The molecule has 248 valence electrons.